The fourth-order valence-electron chi connectivity index (χ4n) is 7.04. The van der Waals surface area contributed by atoms with Gasteiger partial charge >= 0.3 is 6.03 Å². The molecule has 0 bridgehead atoms. The molecule has 48 heavy (non-hydrogen) atoms. The third-order valence-electron chi connectivity index (χ3n) is 10.7. The first-order valence-corrected chi connectivity index (χ1v) is 17.6. The van der Waals surface area contributed by atoms with Crippen LogP contribution in [0.3, 0.4) is 0 Å². The summed E-state index contributed by atoms with van der Waals surface area (Å²) in [6, 6.07) is 4.60. The monoisotopic (exact) mass is 665 g/mol. The van der Waals surface area contributed by atoms with E-state index in [0.29, 0.717) is 36.8 Å². The van der Waals surface area contributed by atoms with Crippen LogP contribution >= 0.6 is 0 Å². The molecule has 12 heteroatoms. The van der Waals surface area contributed by atoms with Crippen molar-refractivity contribution in [3.63, 3.8) is 0 Å². The predicted octanol–water partition coefficient (Wildman–Crippen LogP) is 3.83. The zero-order valence-corrected chi connectivity index (χ0v) is 29.1. The number of nitrogens with one attached hydrogen (secondary N) is 2. The van der Waals surface area contributed by atoms with E-state index >= 15 is 4.39 Å². The van der Waals surface area contributed by atoms with Crippen LogP contribution in [0.25, 0.3) is 0 Å². The molecular formula is C36H52FN7O4. The van der Waals surface area contributed by atoms with Crippen molar-refractivity contribution in [3.05, 3.63) is 53.1 Å². The van der Waals surface area contributed by atoms with Gasteiger partial charge in [0, 0.05) is 64.3 Å². The molecule has 11 nitrogen and oxygen atoms in total. The Morgan fingerprint density at radius 3 is 2.31 bits per heavy atom. The highest BCUT2D eigenvalue weighted by atomic mass is 19.1. The second kappa shape index (κ2) is 15.6. The minimum absolute atomic E-state index is 0.0308. The van der Waals surface area contributed by atoms with Gasteiger partial charge in [-0.05, 0) is 74.8 Å². The molecule has 0 radical (unpaired) electrons. The lowest BCUT2D eigenvalue weighted by Crippen LogP contribution is -2.57. The minimum Gasteiger partial charge on any atom is -0.341 e. The Hall–Kier alpha value is -3.80. The van der Waals surface area contributed by atoms with Crippen molar-refractivity contribution in [2.24, 2.45) is 11.8 Å². The van der Waals surface area contributed by atoms with Crippen molar-refractivity contribution in [1.29, 1.82) is 0 Å². The molecule has 262 valence electrons. The molecule has 4 amide bonds. The van der Waals surface area contributed by atoms with E-state index in [9.17, 15) is 19.2 Å². The second-order valence-corrected chi connectivity index (χ2v) is 14.2. The van der Waals surface area contributed by atoms with Crippen molar-refractivity contribution >= 4 is 23.6 Å². The van der Waals surface area contributed by atoms with Gasteiger partial charge in [-0.2, -0.15) is 5.10 Å². The number of aromatic nitrogens is 2. The molecule has 1 aliphatic heterocycles. The van der Waals surface area contributed by atoms with E-state index in [1.54, 1.807) is 45.9 Å². The van der Waals surface area contributed by atoms with Crippen LogP contribution in [0.2, 0.25) is 0 Å². The summed E-state index contributed by atoms with van der Waals surface area (Å²) in [4.78, 5) is 59.7. The highest BCUT2D eigenvalue weighted by Gasteiger charge is 2.37. The zero-order valence-electron chi connectivity index (χ0n) is 29.1. The summed E-state index contributed by atoms with van der Waals surface area (Å²) in [5, 5.41) is 10.1. The van der Waals surface area contributed by atoms with Gasteiger partial charge in [0.2, 0.25) is 5.91 Å². The molecule has 2 aromatic rings. The van der Waals surface area contributed by atoms with Crippen LogP contribution in [0, 0.1) is 17.7 Å². The molecular weight excluding hydrogens is 613 g/mol. The number of Topliss-reactive ketones (excluding diaryl/α,β-unsaturated/α-hetero) is 1. The summed E-state index contributed by atoms with van der Waals surface area (Å²) < 4.78 is 17.4. The highest BCUT2D eigenvalue weighted by molar-refractivity contribution is 5.97. The van der Waals surface area contributed by atoms with Crippen LogP contribution in [-0.4, -0.2) is 107 Å². The van der Waals surface area contributed by atoms with Crippen LogP contribution < -0.4 is 10.6 Å². The quantitative estimate of drug-likeness (QED) is 0.356. The molecule has 0 unspecified atom stereocenters. The Bertz CT molecular complexity index is 1460. The SMILES string of the molecule is CCn1nccc1C(=O)N[C@H](C(=O)Cc1ccc([C@H](C)[C@@H](NC(=O)N(C)C2CC2)C(=O)N2CCN(C)CC2)cc1F)C1CCC(C)CC1. The van der Waals surface area contributed by atoms with E-state index in [-0.39, 0.29) is 47.6 Å². The van der Waals surface area contributed by atoms with Gasteiger partial charge in [-0.15, -0.1) is 0 Å². The van der Waals surface area contributed by atoms with Crippen molar-refractivity contribution in [2.45, 2.75) is 96.3 Å². The average Bonchev–Trinajstić information content (AvgIpc) is 3.82. The van der Waals surface area contributed by atoms with E-state index in [2.05, 4.69) is 27.6 Å². The van der Waals surface area contributed by atoms with Crippen molar-refractivity contribution in [1.82, 2.24) is 35.1 Å². The molecule has 0 spiro atoms. The molecule has 2 aliphatic carbocycles. The van der Waals surface area contributed by atoms with Crippen LogP contribution in [0.4, 0.5) is 9.18 Å². The number of carbonyl (C=O) groups is 4. The Morgan fingerprint density at radius 2 is 1.69 bits per heavy atom. The maximum Gasteiger partial charge on any atom is 0.318 e. The number of amides is 4. The summed E-state index contributed by atoms with van der Waals surface area (Å²) >= 11 is 0. The number of hydrogen-bond donors (Lipinski definition) is 2. The standard InChI is InChI=1S/C36H52FN7O4/c1-6-44-30(15-16-38-44)34(46)39-33(25-9-7-23(2)8-10-25)31(45)22-27-12-11-26(21-29(27)37)24(3)32(40-36(48)42(5)28-13-14-28)35(47)43-19-17-41(4)18-20-43/h11-12,15-16,21,23-25,28,32-33H,6-10,13-14,17-20,22H2,1-5H3,(H,39,46)(H,40,48)/t23?,24-,25?,32+,33-/m0/s1. The van der Waals surface area contributed by atoms with E-state index < -0.39 is 23.8 Å². The Morgan fingerprint density at radius 1 is 1.00 bits per heavy atom. The van der Waals surface area contributed by atoms with Gasteiger partial charge in [-0.3, -0.25) is 19.1 Å². The number of benzene rings is 1. The number of carbonyl (C=O) groups excluding carboxylic acids is 4. The number of rotatable bonds is 12. The van der Waals surface area contributed by atoms with Crippen LogP contribution in [0.5, 0.6) is 0 Å². The third-order valence-corrected chi connectivity index (χ3v) is 10.7. The van der Waals surface area contributed by atoms with E-state index in [1.165, 1.54) is 6.07 Å². The second-order valence-electron chi connectivity index (χ2n) is 14.2. The number of halogens is 1. The average molecular weight is 666 g/mol. The van der Waals surface area contributed by atoms with Gasteiger partial charge in [0.05, 0.1) is 6.04 Å². The van der Waals surface area contributed by atoms with E-state index in [4.69, 9.17) is 0 Å². The molecule has 1 aromatic heterocycles. The largest absolute Gasteiger partial charge is 0.341 e. The Labute approximate surface area is 283 Å². The molecule has 3 fully saturated rings. The first-order valence-electron chi connectivity index (χ1n) is 17.6. The molecule has 1 saturated heterocycles. The van der Waals surface area contributed by atoms with Crippen LogP contribution in [0.1, 0.15) is 86.8 Å². The van der Waals surface area contributed by atoms with Gasteiger partial charge in [-0.25, -0.2) is 9.18 Å². The number of urea groups is 1. The Balaban J connectivity index is 1.33. The highest BCUT2D eigenvalue weighted by Crippen LogP contribution is 2.32. The fourth-order valence-corrected chi connectivity index (χ4v) is 7.04. The number of ketones is 1. The number of aryl methyl sites for hydroxylation is 1. The van der Waals surface area contributed by atoms with Gasteiger partial charge in [0.15, 0.2) is 5.78 Å². The van der Waals surface area contributed by atoms with Gasteiger partial charge in [-0.1, -0.05) is 38.8 Å². The van der Waals surface area contributed by atoms with Crippen molar-refractivity contribution in [2.75, 3.05) is 40.3 Å². The smallest absolute Gasteiger partial charge is 0.318 e. The number of nitrogens with zero attached hydrogens (tertiary/aromatic N) is 5. The normalized spacial score (nSPS) is 22.0. The summed E-state index contributed by atoms with van der Waals surface area (Å²) in [6.07, 6.45) is 6.85. The summed E-state index contributed by atoms with van der Waals surface area (Å²) in [7, 11) is 3.75. The predicted molar refractivity (Wildman–Crippen MR) is 181 cm³/mol. The Kier molecular flexibility index (Phi) is 11.5. The minimum atomic E-state index is -0.876. The zero-order chi connectivity index (χ0) is 34.5. The van der Waals surface area contributed by atoms with Gasteiger partial charge < -0.3 is 25.3 Å². The third kappa shape index (κ3) is 8.43. The molecule has 2 N–H and O–H groups in total. The first kappa shape index (κ1) is 35.5. The maximum atomic E-state index is 15.8. The summed E-state index contributed by atoms with van der Waals surface area (Å²) in [5.41, 5.74) is 1.18. The van der Waals surface area contributed by atoms with E-state index in [1.807, 2.05) is 20.9 Å². The first-order chi connectivity index (χ1) is 23.0. The molecule has 3 aliphatic rings. The van der Waals surface area contributed by atoms with Gasteiger partial charge in [0.25, 0.3) is 5.91 Å². The lowest BCUT2D eigenvalue weighted by molar-refractivity contribution is -0.135. The van der Waals surface area contributed by atoms with E-state index in [0.717, 1.165) is 51.6 Å². The van der Waals surface area contributed by atoms with Crippen LogP contribution in [0.15, 0.2) is 30.5 Å². The van der Waals surface area contributed by atoms with Gasteiger partial charge in [0.1, 0.15) is 17.6 Å². The lowest BCUT2D eigenvalue weighted by Gasteiger charge is -2.37. The summed E-state index contributed by atoms with van der Waals surface area (Å²) in [6.45, 7) is 9.03. The van der Waals surface area contributed by atoms with Crippen LogP contribution in [-0.2, 0) is 22.6 Å². The fraction of sp³-hybridized carbons (Fsp3) is 0.639. The number of likely N-dealkylation sites (N-methyl/N-ethyl adjacent to an activating group) is 1. The summed E-state index contributed by atoms with van der Waals surface area (Å²) in [5.74, 6) is -1.31. The number of piperazine rings is 1. The maximum absolute atomic E-state index is 15.8. The van der Waals surface area contributed by atoms with Crippen molar-refractivity contribution < 1.29 is 23.6 Å². The molecule has 5 rings (SSSR count). The van der Waals surface area contributed by atoms with Crippen molar-refractivity contribution in [3.8, 4) is 0 Å². The molecule has 2 saturated carbocycles. The topological polar surface area (TPSA) is 120 Å². The molecule has 1 aromatic carbocycles. The lowest BCUT2D eigenvalue weighted by atomic mass is 9.77. The number of hydrogen-bond acceptors (Lipinski definition) is 6. The molecule has 2 heterocycles. The molecule has 3 atom stereocenters.